The summed E-state index contributed by atoms with van der Waals surface area (Å²) in [5, 5.41) is 3.81. The van der Waals surface area contributed by atoms with Gasteiger partial charge in [-0.2, -0.15) is 0 Å². The van der Waals surface area contributed by atoms with Gasteiger partial charge in [-0.05, 0) is 39.4 Å². The number of nitrogens with one attached hydrogen (secondary N) is 1. The van der Waals surface area contributed by atoms with Gasteiger partial charge in [0.25, 0.3) is 0 Å². The molecular formula is C12H26N2OS. The van der Waals surface area contributed by atoms with Crippen molar-refractivity contribution in [2.45, 2.75) is 43.9 Å². The summed E-state index contributed by atoms with van der Waals surface area (Å²) in [6.45, 7) is 5.37. The first-order chi connectivity index (χ1) is 7.61. The summed E-state index contributed by atoms with van der Waals surface area (Å²) < 4.78 is 11.2. The molecule has 0 aromatic carbocycles. The minimum absolute atomic E-state index is 0.316. The number of likely N-dealkylation sites (tertiary alicyclic amines) is 1. The lowest BCUT2D eigenvalue weighted by molar-refractivity contribution is 0.182. The zero-order chi connectivity index (χ0) is 12.0. The first-order valence-corrected chi connectivity index (χ1v) is 7.96. The molecule has 0 bridgehead atoms. The zero-order valence-electron chi connectivity index (χ0n) is 10.9. The standard InChI is InChI=1S/C12H26N2OS/c1-11(16(3)15)7-8-13-10-12-6-4-5-9-14(12)2/h11-13H,4-10H2,1-3H3. The molecule has 1 aliphatic rings. The van der Waals surface area contributed by atoms with E-state index >= 15 is 0 Å². The van der Waals surface area contributed by atoms with Gasteiger partial charge in [0, 0.05) is 34.9 Å². The Morgan fingerprint density at radius 1 is 1.50 bits per heavy atom. The molecule has 16 heavy (non-hydrogen) atoms. The third kappa shape index (κ3) is 4.93. The third-order valence-electron chi connectivity index (χ3n) is 3.60. The minimum atomic E-state index is -0.676. The highest BCUT2D eigenvalue weighted by atomic mass is 32.2. The highest BCUT2D eigenvalue weighted by molar-refractivity contribution is 7.84. The average Bonchev–Trinajstić information content (AvgIpc) is 2.26. The fourth-order valence-corrected chi connectivity index (χ4v) is 2.59. The molecule has 3 atom stereocenters. The molecule has 1 N–H and O–H groups in total. The van der Waals surface area contributed by atoms with Crippen LogP contribution in [-0.2, 0) is 10.8 Å². The van der Waals surface area contributed by atoms with Crippen LogP contribution in [0.25, 0.3) is 0 Å². The number of rotatable bonds is 6. The maximum Gasteiger partial charge on any atom is 0.0329 e. The molecule has 0 saturated carbocycles. The van der Waals surface area contributed by atoms with Crippen molar-refractivity contribution >= 4 is 10.8 Å². The summed E-state index contributed by atoms with van der Waals surface area (Å²) in [5.41, 5.74) is 0. The Hall–Kier alpha value is 0.0700. The minimum Gasteiger partial charge on any atom is -0.315 e. The molecule has 3 nitrogen and oxygen atoms in total. The maximum absolute atomic E-state index is 11.2. The summed E-state index contributed by atoms with van der Waals surface area (Å²) in [6.07, 6.45) is 6.84. The molecule has 4 heteroatoms. The molecule has 1 rings (SSSR count). The van der Waals surface area contributed by atoms with Gasteiger partial charge in [-0.25, -0.2) is 0 Å². The Morgan fingerprint density at radius 3 is 2.88 bits per heavy atom. The number of piperidine rings is 1. The van der Waals surface area contributed by atoms with Gasteiger partial charge in [-0.15, -0.1) is 0 Å². The molecular weight excluding hydrogens is 220 g/mol. The van der Waals surface area contributed by atoms with Crippen LogP contribution in [0.3, 0.4) is 0 Å². The van der Waals surface area contributed by atoms with E-state index in [0.29, 0.717) is 11.3 Å². The van der Waals surface area contributed by atoms with Gasteiger partial charge in [0.1, 0.15) is 0 Å². The maximum atomic E-state index is 11.2. The normalized spacial score (nSPS) is 26.6. The monoisotopic (exact) mass is 246 g/mol. The summed E-state index contributed by atoms with van der Waals surface area (Å²) in [4.78, 5) is 2.46. The summed E-state index contributed by atoms with van der Waals surface area (Å²) in [7, 11) is 1.54. The lowest BCUT2D eigenvalue weighted by Crippen LogP contribution is -2.43. The second-order valence-electron chi connectivity index (χ2n) is 4.93. The van der Waals surface area contributed by atoms with Crippen molar-refractivity contribution in [1.29, 1.82) is 0 Å². The van der Waals surface area contributed by atoms with Crippen molar-refractivity contribution in [3.05, 3.63) is 0 Å². The van der Waals surface area contributed by atoms with E-state index in [-0.39, 0.29) is 0 Å². The predicted molar refractivity (Wildman–Crippen MR) is 71.3 cm³/mol. The second kappa shape index (κ2) is 7.41. The predicted octanol–water partition coefficient (Wildman–Crippen LogP) is 1.22. The smallest absolute Gasteiger partial charge is 0.0329 e. The highest BCUT2D eigenvalue weighted by Gasteiger charge is 2.17. The van der Waals surface area contributed by atoms with Crippen LogP contribution >= 0.6 is 0 Å². The quantitative estimate of drug-likeness (QED) is 0.715. The molecule has 1 fully saturated rings. The molecule has 1 saturated heterocycles. The lowest BCUT2D eigenvalue weighted by Gasteiger charge is -2.32. The second-order valence-corrected chi connectivity index (χ2v) is 6.73. The fraction of sp³-hybridized carbons (Fsp3) is 1.00. The van der Waals surface area contributed by atoms with Gasteiger partial charge < -0.3 is 10.2 Å². The van der Waals surface area contributed by atoms with Crippen molar-refractivity contribution in [3.8, 4) is 0 Å². The van der Waals surface area contributed by atoms with E-state index in [0.717, 1.165) is 19.5 Å². The van der Waals surface area contributed by atoms with Crippen LogP contribution in [-0.4, -0.2) is 53.3 Å². The van der Waals surface area contributed by atoms with Crippen LogP contribution in [0, 0.1) is 0 Å². The van der Waals surface area contributed by atoms with Crippen LogP contribution < -0.4 is 5.32 Å². The number of likely N-dealkylation sites (N-methyl/N-ethyl adjacent to an activating group) is 1. The van der Waals surface area contributed by atoms with Crippen molar-refractivity contribution in [3.63, 3.8) is 0 Å². The number of hydrogen-bond acceptors (Lipinski definition) is 3. The molecule has 1 aliphatic heterocycles. The molecule has 0 spiro atoms. The van der Waals surface area contributed by atoms with Gasteiger partial charge in [0.2, 0.25) is 0 Å². The van der Waals surface area contributed by atoms with Crippen LogP contribution in [0.2, 0.25) is 0 Å². The Balaban J connectivity index is 2.08. The SMILES string of the molecule is CC(CCNCC1CCCCN1C)S(C)=O. The van der Waals surface area contributed by atoms with Crippen molar-refractivity contribution < 1.29 is 4.21 Å². The molecule has 0 radical (unpaired) electrons. The summed E-state index contributed by atoms with van der Waals surface area (Å²) in [5.74, 6) is 0. The lowest BCUT2D eigenvalue weighted by atomic mass is 10.0. The molecule has 0 aromatic rings. The van der Waals surface area contributed by atoms with Crippen LogP contribution in [0.4, 0.5) is 0 Å². The van der Waals surface area contributed by atoms with Crippen LogP contribution in [0.1, 0.15) is 32.6 Å². The Bertz CT molecular complexity index is 223. The van der Waals surface area contributed by atoms with Gasteiger partial charge in [-0.3, -0.25) is 4.21 Å². The molecule has 3 unspecified atom stereocenters. The molecule has 0 amide bonds. The van der Waals surface area contributed by atoms with E-state index in [9.17, 15) is 4.21 Å². The number of hydrogen-bond donors (Lipinski definition) is 1. The highest BCUT2D eigenvalue weighted by Crippen LogP contribution is 2.13. The molecule has 96 valence electrons. The van der Waals surface area contributed by atoms with Crippen molar-refractivity contribution in [2.75, 3.05) is 32.9 Å². The van der Waals surface area contributed by atoms with E-state index in [2.05, 4.69) is 24.2 Å². The topological polar surface area (TPSA) is 32.3 Å². The van der Waals surface area contributed by atoms with Gasteiger partial charge in [0.15, 0.2) is 0 Å². The Kier molecular flexibility index (Phi) is 6.54. The van der Waals surface area contributed by atoms with Gasteiger partial charge in [0.05, 0.1) is 0 Å². The van der Waals surface area contributed by atoms with E-state index < -0.39 is 10.8 Å². The zero-order valence-corrected chi connectivity index (χ0v) is 11.7. The first kappa shape index (κ1) is 14.1. The molecule has 1 heterocycles. The fourth-order valence-electron chi connectivity index (χ4n) is 2.14. The van der Waals surface area contributed by atoms with Gasteiger partial charge >= 0.3 is 0 Å². The first-order valence-electron chi connectivity index (χ1n) is 6.34. The summed E-state index contributed by atoms with van der Waals surface area (Å²) in [6, 6.07) is 0.705. The Labute approximate surface area is 102 Å². The number of nitrogens with zero attached hydrogens (tertiary/aromatic N) is 1. The average molecular weight is 246 g/mol. The summed E-state index contributed by atoms with van der Waals surface area (Å²) >= 11 is 0. The van der Waals surface area contributed by atoms with Crippen LogP contribution in [0.5, 0.6) is 0 Å². The van der Waals surface area contributed by atoms with E-state index in [4.69, 9.17) is 0 Å². The van der Waals surface area contributed by atoms with Crippen molar-refractivity contribution in [1.82, 2.24) is 10.2 Å². The molecule has 0 aliphatic carbocycles. The van der Waals surface area contributed by atoms with Crippen LogP contribution in [0.15, 0.2) is 0 Å². The third-order valence-corrected chi connectivity index (χ3v) is 4.96. The largest absolute Gasteiger partial charge is 0.315 e. The Morgan fingerprint density at radius 2 is 2.25 bits per heavy atom. The van der Waals surface area contributed by atoms with Crippen molar-refractivity contribution in [2.24, 2.45) is 0 Å². The molecule has 0 aromatic heterocycles. The van der Waals surface area contributed by atoms with E-state index in [1.54, 1.807) is 6.26 Å². The van der Waals surface area contributed by atoms with E-state index in [1.165, 1.54) is 25.8 Å². The van der Waals surface area contributed by atoms with Gasteiger partial charge in [-0.1, -0.05) is 13.3 Å². The van der Waals surface area contributed by atoms with E-state index in [1.807, 2.05) is 0 Å².